The van der Waals surface area contributed by atoms with Gasteiger partial charge in [0.25, 0.3) is 0 Å². The van der Waals surface area contributed by atoms with E-state index in [0.717, 1.165) is 18.7 Å². The van der Waals surface area contributed by atoms with Crippen molar-refractivity contribution < 1.29 is 4.79 Å². The van der Waals surface area contributed by atoms with Gasteiger partial charge in [-0.15, -0.1) is 0 Å². The quantitative estimate of drug-likeness (QED) is 0.775. The van der Waals surface area contributed by atoms with Crippen molar-refractivity contribution in [1.29, 1.82) is 0 Å². The van der Waals surface area contributed by atoms with Crippen molar-refractivity contribution >= 4 is 5.91 Å². The van der Waals surface area contributed by atoms with Crippen molar-refractivity contribution in [3.8, 4) is 0 Å². The smallest absolute Gasteiger partial charge is 0.234 e. The molecule has 2 aromatic carbocycles. The second kappa shape index (κ2) is 9.55. The molecule has 2 aromatic rings. The highest BCUT2D eigenvalue weighted by Crippen LogP contribution is 2.31. The third-order valence-electron chi connectivity index (χ3n) is 6.52. The number of rotatable bonds is 7. The second-order valence-electron chi connectivity index (χ2n) is 8.55. The van der Waals surface area contributed by atoms with Gasteiger partial charge >= 0.3 is 0 Å². The molecule has 0 bridgehead atoms. The Morgan fingerprint density at radius 2 is 1.52 bits per heavy atom. The number of nitrogens with zero attached hydrogens (tertiary/aromatic N) is 2. The fraction of sp³-hybridized carbons (Fsp3) is 0.480. The fourth-order valence-electron chi connectivity index (χ4n) is 5.08. The van der Waals surface area contributed by atoms with E-state index in [1.165, 1.54) is 37.8 Å². The number of hydrogen-bond donors (Lipinski definition) is 1. The van der Waals surface area contributed by atoms with Crippen LogP contribution in [-0.2, 0) is 11.3 Å². The molecule has 0 radical (unpaired) electrons. The van der Waals surface area contributed by atoms with Gasteiger partial charge in [0.2, 0.25) is 5.91 Å². The van der Waals surface area contributed by atoms with Crippen LogP contribution in [0.25, 0.3) is 0 Å². The van der Waals surface area contributed by atoms with Gasteiger partial charge in [-0.05, 0) is 56.8 Å². The molecule has 3 unspecified atom stereocenters. The molecule has 1 amide bonds. The summed E-state index contributed by atoms with van der Waals surface area (Å²) in [6, 6.07) is 22.1. The summed E-state index contributed by atoms with van der Waals surface area (Å²) in [5, 5.41) is 3.19. The van der Waals surface area contributed by atoms with Crippen molar-refractivity contribution in [3.05, 3.63) is 71.8 Å². The third-order valence-corrected chi connectivity index (χ3v) is 6.52. The van der Waals surface area contributed by atoms with E-state index in [2.05, 4.69) is 64.5 Å². The van der Waals surface area contributed by atoms with E-state index >= 15 is 0 Å². The highest BCUT2D eigenvalue weighted by molar-refractivity contribution is 5.78. The Morgan fingerprint density at radius 3 is 2.21 bits per heavy atom. The molecule has 4 heteroatoms. The van der Waals surface area contributed by atoms with Crippen molar-refractivity contribution in [2.24, 2.45) is 0 Å². The molecular weight excluding hydrogens is 358 g/mol. The van der Waals surface area contributed by atoms with E-state index in [9.17, 15) is 4.79 Å². The summed E-state index contributed by atoms with van der Waals surface area (Å²) in [7, 11) is 0. The number of amides is 1. The first-order chi connectivity index (χ1) is 14.2. The number of benzene rings is 2. The van der Waals surface area contributed by atoms with Crippen LogP contribution < -0.4 is 5.32 Å². The lowest BCUT2D eigenvalue weighted by Crippen LogP contribution is -2.49. The second-order valence-corrected chi connectivity index (χ2v) is 8.55. The van der Waals surface area contributed by atoms with E-state index in [4.69, 9.17) is 0 Å². The molecule has 1 N–H and O–H groups in total. The van der Waals surface area contributed by atoms with E-state index in [1.807, 2.05) is 18.2 Å². The summed E-state index contributed by atoms with van der Waals surface area (Å²) in [6.07, 6.45) is 4.91. The van der Waals surface area contributed by atoms with Gasteiger partial charge in [0, 0.05) is 18.6 Å². The summed E-state index contributed by atoms with van der Waals surface area (Å²) >= 11 is 0. The van der Waals surface area contributed by atoms with Crippen LogP contribution in [-0.4, -0.2) is 47.4 Å². The lowest BCUT2D eigenvalue weighted by molar-refractivity contribution is -0.123. The van der Waals surface area contributed by atoms with Gasteiger partial charge in [-0.3, -0.25) is 14.6 Å². The predicted octanol–water partition coefficient (Wildman–Crippen LogP) is 3.99. The van der Waals surface area contributed by atoms with E-state index < -0.39 is 0 Å². The van der Waals surface area contributed by atoms with Gasteiger partial charge in [-0.2, -0.15) is 0 Å². The molecule has 2 aliphatic heterocycles. The van der Waals surface area contributed by atoms with Crippen LogP contribution in [0.4, 0.5) is 0 Å². The van der Waals surface area contributed by atoms with Crippen molar-refractivity contribution in [2.75, 3.05) is 19.6 Å². The summed E-state index contributed by atoms with van der Waals surface area (Å²) < 4.78 is 0. The maximum absolute atomic E-state index is 12.7. The lowest BCUT2D eigenvalue weighted by atomic mass is 10.0. The monoisotopic (exact) mass is 391 g/mol. The summed E-state index contributed by atoms with van der Waals surface area (Å²) in [6.45, 7) is 5.80. The topological polar surface area (TPSA) is 35.6 Å². The zero-order valence-electron chi connectivity index (χ0n) is 17.5. The first-order valence-corrected chi connectivity index (χ1v) is 11.1. The maximum atomic E-state index is 12.7. The summed E-state index contributed by atoms with van der Waals surface area (Å²) in [4.78, 5) is 17.8. The fourth-order valence-corrected chi connectivity index (χ4v) is 5.08. The highest BCUT2D eigenvalue weighted by atomic mass is 16.2. The normalized spacial score (nSPS) is 23.9. The van der Waals surface area contributed by atoms with Crippen LogP contribution in [0.15, 0.2) is 60.7 Å². The Morgan fingerprint density at radius 1 is 0.931 bits per heavy atom. The molecule has 2 heterocycles. The Labute approximate surface area is 174 Å². The third kappa shape index (κ3) is 5.06. The van der Waals surface area contributed by atoms with E-state index in [1.54, 1.807) is 0 Å². The van der Waals surface area contributed by atoms with Crippen LogP contribution >= 0.6 is 0 Å². The number of carbonyl (C=O) groups excluding carboxylic acids is 1. The summed E-state index contributed by atoms with van der Waals surface area (Å²) in [5.41, 5.74) is 2.54. The van der Waals surface area contributed by atoms with Gasteiger partial charge in [0.05, 0.1) is 12.6 Å². The minimum Gasteiger partial charge on any atom is -0.348 e. The Bertz CT molecular complexity index is 779. The largest absolute Gasteiger partial charge is 0.348 e. The number of likely N-dealkylation sites (tertiary alicyclic amines) is 2. The van der Waals surface area contributed by atoms with Gasteiger partial charge in [0.1, 0.15) is 0 Å². The van der Waals surface area contributed by atoms with Crippen LogP contribution in [0.1, 0.15) is 49.8 Å². The van der Waals surface area contributed by atoms with Crippen molar-refractivity contribution in [1.82, 2.24) is 15.1 Å². The Kier molecular flexibility index (Phi) is 6.63. The summed E-state index contributed by atoms with van der Waals surface area (Å²) in [5.74, 6) is 0.140. The number of hydrogen-bond acceptors (Lipinski definition) is 3. The number of nitrogens with one attached hydrogen (secondary N) is 1. The van der Waals surface area contributed by atoms with Gasteiger partial charge < -0.3 is 5.32 Å². The molecule has 3 atom stereocenters. The first-order valence-electron chi connectivity index (χ1n) is 11.1. The molecule has 4 rings (SSSR count). The molecule has 154 valence electrons. The standard InChI is InChI=1S/C25H33N3O/c1-20(22-12-6-3-7-13-22)26-25(29)19-28-17-9-15-24(28)23-14-8-16-27(23)18-21-10-4-2-5-11-21/h2-7,10-13,20,23-24H,8-9,14-19H2,1H3,(H,26,29). The molecule has 0 aromatic heterocycles. The number of carbonyl (C=O) groups is 1. The van der Waals surface area contributed by atoms with Crippen molar-refractivity contribution in [2.45, 2.75) is 57.3 Å². The van der Waals surface area contributed by atoms with E-state index in [-0.39, 0.29) is 11.9 Å². The average Bonchev–Trinajstić information content (AvgIpc) is 3.38. The molecular formula is C25H33N3O. The predicted molar refractivity (Wildman–Crippen MR) is 117 cm³/mol. The molecule has 4 nitrogen and oxygen atoms in total. The SMILES string of the molecule is CC(NC(=O)CN1CCCC1C1CCCN1Cc1ccccc1)c1ccccc1. The highest BCUT2D eigenvalue weighted by Gasteiger charge is 2.38. The molecule has 2 saturated heterocycles. The molecule has 29 heavy (non-hydrogen) atoms. The van der Waals surface area contributed by atoms with E-state index in [0.29, 0.717) is 18.6 Å². The first kappa shape index (κ1) is 20.1. The Hall–Kier alpha value is -2.17. The van der Waals surface area contributed by atoms with Crippen LogP contribution in [0.3, 0.4) is 0 Å². The molecule has 0 aliphatic carbocycles. The maximum Gasteiger partial charge on any atom is 0.234 e. The zero-order valence-corrected chi connectivity index (χ0v) is 17.5. The van der Waals surface area contributed by atoms with Crippen LogP contribution in [0.5, 0.6) is 0 Å². The average molecular weight is 392 g/mol. The molecule has 2 aliphatic rings. The van der Waals surface area contributed by atoms with Gasteiger partial charge in [0.15, 0.2) is 0 Å². The molecule has 0 spiro atoms. The zero-order chi connectivity index (χ0) is 20.1. The van der Waals surface area contributed by atoms with Gasteiger partial charge in [-0.25, -0.2) is 0 Å². The minimum atomic E-state index is 0.0470. The Balaban J connectivity index is 1.35. The molecule has 0 saturated carbocycles. The van der Waals surface area contributed by atoms with Crippen LogP contribution in [0, 0.1) is 0 Å². The minimum absolute atomic E-state index is 0.0470. The van der Waals surface area contributed by atoms with Gasteiger partial charge in [-0.1, -0.05) is 60.7 Å². The molecule has 2 fully saturated rings. The van der Waals surface area contributed by atoms with Crippen molar-refractivity contribution in [3.63, 3.8) is 0 Å². The van der Waals surface area contributed by atoms with Crippen LogP contribution in [0.2, 0.25) is 0 Å². The lowest BCUT2D eigenvalue weighted by Gasteiger charge is -2.35.